The number of nitrogens with zero attached hydrogens (tertiary/aromatic N) is 3. The molecule has 0 saturated carbocycles. The highest BCUT2D eigenvalue weighted by Crippen LogP contribution is 2.22. The number of aromatic amines is 1. The second-order valence-electron chi connectivity index (χ2n) is 5.36. The number of aryl methyl sites for hydroxylation is 1. The average molecular weight is 360 g/mol. The van der Waals surface area contributed by atoms with Gasteiger partial charge in [-0.05, 0) is 25.1 Å². The first kappa shape index (κ1) is 17.0. The van der Waals surface area contributed by atoms with Gasteiger partial charge in [0.1, 0.15) is 17.1 Å². The van der Waals surface area contributed by atoms with Crippen LogP contribution in [0.2, 0.25) is 5.02 Å². The molecule has 3 aromatic rings. The van der Waals surface area contributed by atoms with E-state index in [1.807, 2.05) is 31.2 Å². The number of nitrogens with one attached hydrogen (secondary N) is 2. The highest BCUT2D eigenvalue weighted by Gasteiger charge is 2.13. The van der Waals surface area contributed by atoms with Gasteiger partial charge in [0.2, 0.25) is 0 Å². The van der Waals surface area contributed by atoms with E-state index in [1.54, 1.807) is 24.1 Å². The molecule has 0 bridgehead atoms. The van der Waals surface area contributed by atoms with Gasteiger partial charge in [0.25, 0.3) is 5.91 Å². The van der Waals surface area contributed by atoms with E-state index in [9.17, 15) is 4.79 Å². The lowest BCUT2D eigenvalue weighted by Gasteiger charge is -2.01. The first-order chi connectivity index (χ1) is 12.1. The summed E-state index contributed by atoms with van der Waals surface area (Å²) in [5.74, 6) is 0.455. The van der Waals surface area contributed by atoms with Crippen molar-refractivity contribution in [2.24, 2.45) is 0 Å². The summed E-state index contributed by atoms with van der Waals surface area (Å²) in [4.78, 5) is 12.3. The third-order valence-corrected chi connectivity index (χ3v) is 4.03. The second-order valence-corrected chi connectivity index (χ2v) is 5.77. The van der Waals surface area contributed by atoms with Gasteiger partial charge < -0.3 is 10.1 Å². The molecule has 3 rings (SSSR count). The summed E-state index contributed by atoms with van der Waals surface area (Å²) in [5, 5.41) is 14.5. The van der Waals surface area contributed by atoms with E-state index in [4.69, 9.17) is 16.3 Å². The Morgan fingerprint density at radius 3 is 2.96 bits per heavy atom. The number of hydrogen-bond acceptors (Lipinski definition) is 4. The third-order valence-electron chi connectivity index (χ3n) is 3.72. The monoisotopic (exact) mass is 359 g/mol. The Labute approximate surface area is 150 Å². The lowest BCUT2D eigenvalue weighted by atomic mass is 10.1. The molecule has 0 fully saturated rings. The number of benzene rings is 1. The van der Waals surface area contributed by atoms with E-state index in [0.717, 1.165) is 17.9 Å². The summed E-state index contributed by atoms with van der Waals surface area (Å²) in [6.45, 7) is 2.94. The lowest BCUT2D eigenvalue weighted by molar-refractivity contribution is 0.0945. The maximum atomic E-state index is 12.3. The van der Waals surface area contributed by atoms with Crippen LogP contribution < -0.4 is 10.1 Å². The largest absolute Gasteiger partial charge is 0.497 e. The highest BCUT2D eigenvalue weighted by molar-refractivity contribution is 6.31. The topological polar surface area (TPSA) is 84.8 Å². The van der Waals surface area contributed by atoms with Crippen molar-refractivity contribution in [3.8, 4) is 17.0 Å². The van der Waals surface area contributed by atoms with Crippen LogP contribution in [0.15, 0.2) is 36.5 Å². The van der Waals surface area contributed by atoms with Crippen LogP contribution in [0, 0.1) is 0 Å². The highest BCUT2D eigenvalue weighted by atomic mass is 35.5. The molecule has 0 spiro atoms. The van der Waals surface area contributed by atoms with Crippen LogP contribution in [-0.4, -0.2) is 33.0 Å². The van der Waals surface area contributed by atoms with Crippen LogP contribution in [0.25, 0.3) is 11.3 Å². The summed E-state index contributed by atoms with van der Waals surface area (Å²) in [6, 6.07) is 9.17. The molecule has 1 aromatic carbocycles. The van der Waals surface area contributed by atoms with Crippen molar-refractivity contribution in [1.29, 1.82) is 0 Å². The second kappa shape index (κ2) is 7.40. The Bertz CT molecular complexity index is 887. The van der Waals surface area contributed by atoms with E-state index in [2.05, 4.69) is 20.6 Å². The van der Waals surface area contributed by atoms with E-state index >= 15 is 0 Å². The maximum Gasteiger partial charge on any atom is 0.269 e. The fourth-order valence-corrected chi connectivity index (χ4v) is 2.56. The number of aromatic nitrogens is 4. The predicted octanol–water partition coefficient (Wildman–Crippen LogP) is 2.89. The van der Waals surface area contributed by atoms with Crippen LogP contribution in [0.4, 0.5) is 0 Å². The van der Waals surface area contributed by atoms with Crippen LogP contribution >= 0.6 is 11.6 Å². The van der Waals surface area contributed by atoms with Gasteiger partial charge in [-0.1, -0.05) is 23.7 Å². The summed E-state index contributed by atoms with van der Waals surface area (Å²) < 4.78 is 6.92. The number of methoxy groups -OCH3 is 1. The van der Waals surface area contributed by atoms with Gasteiger partial charge in [0.15, 0.2) is 0 Å². The fourth-order valence-electron chi connectivity index (χ4n) is 2.35. The Morgan fingerprint density at radius 1 is 1.40 bits per heavy atom. The van der Waals surface area contributed by atoms with Crippen molar-refractivity contribution in [2.45, 2.75) is 20.0 Å². The van der Waals surface area contributed by atoms with E-state index in [-0.39, 0.29) is 12.5 Å². The number of amides is 1. The Morgan fingerprint density at radius 2 is 2.24 bits per heavy atom. The molecule has 0 saturated heterocycles. The van der Waals surface area contributed by atoms with Crippen molar-refractivity contribution in [2.75, 3.05) is 7.11 Å². The molecule has 0 unspecified atom stereocenters. The standard InChI is InChI=1S/C17H18ClN5O2/c1-3-23-10-13(18)16(22-23)9-19-17(24)15-8-14(20-21-15)11-5-4-6-12(7-11)25-2/h4-8,10H,3,9H2,1-2H3,(H,19,24)(H,20,21). The minimum atomic E-state index is -0.274. The number of carbonyl (C=O) groups is 1. The van der Waals surface area contributed by atoms with Gasteiger partial charge >= 0.3 is 0 Å². The molecule has 8 heteroatoms. The number of H-pyrrole nitrogens is 1. The average Bonchev–Trinajstić information content (AvgIpc) is 3.26. The van der Waals surface area contributed by atoms with Gasteiger partial charge in [0, 0.05) is 18.3 Å². The Kier molecular flexibility index (Phi) is 5.04. The Balaban J connectivity index is 1.69. The molecular weight excluding hydrogens is 342 g/mol. The van der Waals surface area contributed by atoms with Gasteiger partial charge in [-0.2, -0.15) is 10.2 Å². The molecule has 25 heavy (non-hydrogen) atoms. The van der Waals surface area contributed by atoms with Gasteiger partial charge in [0.05, 0.1) is 24.4 Å². The van der Waals surface area contributed by atoms with Crippen LogP contribution in [0.1, 0.15) is 23.1 Å². The SMILES string of the molecule is CCn1cc(Cl)c(CNC(=O)c2cc(-c3cccc(OC)c3)n[nH]2)n1. The first-order valence-corrected chi connectivity index (χ1v) is 8.18. The predicted molar refractivity (Wildman–Crippen MR) is 94.7 cm³/mol. The van der Waals surface area contributed by atoms with E-state index < -0.39 is 0 Å². The van der Waals surface area contributed by atoms with E-state index in [1.165, 1.54) is 0 Å². The molecule has 0 atom stereocenters. The number of ether oxygens (including phenoxy) is 1. The zero-order valence-corrected chi connectivity index (χ0v) is 14.7. The zero-order valence-electron chi connectivity index (χ0n) is 13.9. The van der Waals surface area contributed by atoms with Crippen molar-refractivity contribution in [3.63, 3.8) is 0 Å². The van der Waals surface area contributed by atoms with Gasteiger partial charge in [-0.15, -0.1) is 0 Å². The van der Waals surface area contributed by atoms with Crippen LogP contribution in [-0.2, 0) is 13.1 Å². The summed E-state index contributed by atoms with van der Waals surface area (Å²) in [7, 11) is 1.60. The molecule has 7 nitrogen and oxygen atoms in total. The van der Waals surface area contributed by atoms with Gasteiger partial charge in [-0.25, -0.2) is 0 Å². The van der Waals surface area contributed by atoms with Crippen molar-refractivity contribution in [1.82, 2.24) is 25.3 Å². The summed E-state index contributed by atoms with van der Waals surface area (Å²) >= 11 is 6.10. The van der Waals surface area contributed by atoms with Crippen molar-refractivity contribution < 1.29 is 9.53 Å². The summed E-state index contributed by atoms with van der Waals surface area (Å²) in [6.07, 6.45) is 1.74. The molecule has 2 N–H and O–H groups in total. The van der Waals surface area contributed by atoms with Crippen LogP contribution in [0.3, 0.4) is 0 Å². The molecule has 2 aromatic heterocycles. The zero-order chi connectivity index (χ0) is 17.8. The van der Waals surface area contributed by atoms with Gasteiger partial charge in [-0.3, -0.25) is 14.6 Å². The number of halogens is 1. The first-order valence-electron chi connectivity index (χ1n) is 7.80. The maximum absolute atomic E-state index is 12.3. The molecule has 0 aliphatic heterocycles. The molecule has 0 aliphatic carbocycles. The van der Waals surface area contributed by atoms with Crippen molar-refractivity contribution in [3.05, 3.63) is 52.9 Å². The smallest absolute Gasteiger partial charge is 0.269 e. The van der Waals surface area contributed by atoms with Crippen LogP contribution in [0.5, 0.6) is 5.75 Å². The fraction of sp³-hybridized carbons (Fsp3) is 0.235. The third kappa shape index (κ3) is 3.83. The number of carbonyl (C=O) groups excluding carboxylic acids is 1. The van der Waals surface area contributed by atoms with E-state index in [0.29, 0.717) is 22.1 Å². The lowest BCUT2D eigenvalue weighted by Crippen LogP contribution is -2.23. The minimum Gasteiger partial charge on any atom is -0.497 e. The molecule has 1 amide bonds. The Hall–Kier alpha value is -2.80. The van der Waals surface area contributed by atoms with Crippen molar-refractivity contribution >= 4 is 17.5 Å². The number of rotatable bonds is 6. The molecule has 0 radical (unpaired) electrons. The quantitative estimate of drug-likeness (QED) is 0.708. The normalized spacial score (nSPS) is 10.7. The minimum absolute atomic E-state index is 0.248. The number of hydrogen-bond donors (Lipinski definition) is 2. The molecular formula is C17H18ClN5O2. The summed E-state index contributed by atoms with van der Waals surface area (Å²) in [5.41, 5.74) is 2.52. The molecule has 2 heterocycles. The molecule has 0 aliphatic rings. The molecule has 130 valence electrons.